The molecule has 1 aromatic carbocycles. The van der Waals surface area contributed by atoms with E-state index in [2.05, 4.69) is 45.8 Å². The van der Waals surface area contributed by atoms with Gasteiger partial charge in [-0.2, -0.15) is 9.97 Å². The van der Waals surface area contributed by atoms with Crippen LogP contribution in [0, 0.1) is 5.92 Å². The lowest BCUT2D eigenvalue weighted by atomic mass is 10.1. The van der Waals surface area contributed by atoms with Crippen molar-refractivity contribution < 1.29 is 4.42 Å². The molecule has 0 fully saturated rings. The third-order valence-corrected chi connectivity index (χ3v) is 4.45. The number of hydrogen-bond donors (Lipinski definition) is 2. The van der Waals surface area contributed by atoms with Crippen LogP contribution < -0.4 is 11.1 Å². The van der Waals surface area contributed by atoms with Crippen molar-refractivity contribution in [3.05, 3.63) is 54.3 Å². The van der Waals surface area contributed by atoms with Crippen molar-refractivity contribution in [1.82, 2.24) is 19.5 Å². The van der Waals surface area contributed by atoms with Gasteiger partial charge >= 0.3 is 0 Å². The van der Waals surface area contributed by atoms with Crippen molar-refractivity contribution in [2.75, 3.05) is 17.6 Å². The molecule has 4 aromatic rings. The topological polar surface area (TPSA) is 94.8 Å². The number of nitrogens with zero attached hydrogens (tertiary/aromatic N) is 4. The smallest absolute Gasteiger partial charge is 0.226 e. The molecule has 0 saturated heterocycles. The van der Waals surface area contributed by atoms with Crippen LogP contribution in [0.4, 0.5) is 11.8 Å². The van der Waals surface area contributed by atoms with E-state index in [9.17, 15) is 0 Å². The number of fused-ring (bicyclic) bond motifs is 1. The van der Waals surface area contributed by atoms with Crippen LogP contribution in [0.1, 0.15) is 19.4 Å². The van der Waals surface area contributed by atoms with Gasteiger partial charge in [-0.05, 0) is 30.0 Å². The molecular weight excluding hydrogens is 352 g/mol. The molecule has 0 bridgehead atoms. The molecule has 0 saturated carbocycles. The molecule has 7 heteroatoms. The van der Waals surface area contributed by atoms with E-state index in [1.807, 2.05) is 30.3 Å². The lowest BCUT2D eigenvalue weighted by Gasteiger charge is -2.11. The molecule has 144 valence electrons. The number of benzene rings is 1. The van der Waals surface area contributed by atoms with E-state index >= 15 is 0 Å². The van der Waals surface area contributed by atoms with Crippen molar-refractivity contribution in [3.63, 3.8) is 0 Å². The molecule has 0 radical (unpaired) electrons. The summed E-state index contributed by atoms with van der Waals surface area (Å²) in [7, 11) is 0. The van der Waals surface area contributed by atoms with Crippen molar-refractivity contribution in [3.8, 4) is 11.6 Å². The molecule has 0 amide bonds. The first-order valence-corrected chi connectivity index (χ1v) is 9.47. The first-order valence-electron chi connectivity index (χ1n) is 9.47. The molecule has 0 atom stereocenters. The summed E-state index contributed by atoms with van der Waals surface area (Å²) in [4.78, 5) is 13.8. The van der Waals surface area contributed by atoms with Crippen molar-refractivity contribution in [2.45, 2.75) is 26.8 Å². The highest BCUT2D eigenvalue weighted by molar-refractivity contribution is 5.86. The van der Waals surface area contributed by atoms with Crippen LogP contribution in [-0.2, 0) is 13.0 Å². The number of rotatable bonds is 7. The molecule has 0 aliphatic carbocycles. The predicted octanol–water partition coefficient (Wildman–Crippen LogP) is 3.98. The maximum atomic E-state index is 6.21. The molecular formula is C21H24N6O. The van der Waals surface area contributed by atoms with E-state index in [-0.39, 0.29) is 0 Å². The summed E-state index contributed by atoms with van der Waals surface area (Å²) in [5, 5.41) is 3.28. The Balaban J connectivity index is 1.66. The van der Waals surface area contributed by atoms with Crippen molar-refractivity contribution in [1.29, 1.82) is 0 Å². The van der Waals surface area contributed by atoms with Crippen LogP contribution in [0.25, 0.3) is 22.7 Å². The van der Waals surface area contributed by atoms with Crippen molar-refractivity contribution in [2.24, 2.45) is 5.92 Å². The zero-order valence-electron chi connectivity index (χ0n) is 16.1. The summed E-state index contributed by atoms with van der Waals surface area (Å²) in [6, 6.07) is 14.0. The van der Waals surface area contributed by atoms with Gasteiger partial charge in [0.2, 0.25) is 5.95 Å². The van der Waals surface area contributed by atoms with E-state index < -0.39 is 0 Å². The summed E-state index contributed by atoms with van der Waals surface area (Å²) in [6.07, 6.45) is 2.52. The van der Waals surface area contributed by atoms with Gasteiger partial charge in [0.15, 0.2) is 28.6 Å². The molecule has 28 heavy (non-hydrogen) atoms. The first kappa shape index (κ1) is 18.0. The van der Waals surface area contributed by atoms with E-state index in [1.54, 1.807) is 6.26 Å². The Morgan fingerprint density at radius 1 is 1.07 bits per heavy atom. The highest BCUT2D eigenvalue weighted by atomic mass is 16.3. The first-order chi connectivity index (χ1) is 13.6. The summed E-state index contributed by atoms with van der Waals surface area (Å²) < 4.78 is 7.62. The largest absolute Gasteiger partial charge is 0.461 e. The number of imidazole rings is 1. The molecule has 3 heterocycles. The van der Waals surface area contributed by atoms with Crippen LogP contribution in [0.15, 0.2) is 53.1 Å². The summed E-state index contributed by atoms with van der Waals surface area (Å²) in [5.74, 6) is 2.70. The molecule has 0 aliphatic rings. The quantitative estimate of drug-likeness (QED) is 0.507. The van der Waals surface area contributed by atoms with E-state index in [0.29, 0.717) is 29.0 Å². The average Bonchev–Trinajstić information content (AvgIpc) is 3.31. The summed E-state index contributed by atoms with van der Waals surface area (Å²) in [6.45, 7) is 5.79. The summed E-state index contributed by atoms with van der Waals surface area (Å²) in [5.41, 5.74) is 8.78. The number of hydrogen-bond acceptors (Lipinski definition) is 6. The van der Waals surface area contributed by atoms with Crippen LogP contribution in [0.5, 0.6) is 0 Å². The van der Waals surface area contributed by atoms with Crippen molar-refractivity contribution >= 4 is 22.9 Å². The zero-order valence-corrected chi connectivity index (χ0v) is 16.1. The maximum Gasteiger partial charge on any atom is 0.226 e. The fraction of sp³-hybridized carbons (Fsp3) is 0.286. The fourth-order valence-electron chi connectivity index (χ4n) is 3.20. The summed E-state index contributed by atoms with van der Waals surface area (Å²) >= 11 is 0. The fourth-order valence-corrected chi connectivity index (χ4v) is 3.20. The van der Waals surface area contributed by atoms with Gasteiger partial charge in [-0.3, -0.25) is 0 Å². The number of aromatic nitrogens is 4. The second kappa shape index (κ2) is 7.72. The minimum Gasteiger partial charge on any atom is -0.461 e. The third-order valence-electron chi connectivity index (χ3n) is 4.45. The minimum absolute atomic E-state index is 0.363. The molecule has 3 aromatic heterocycles. The Morgan fingerprint density at radius 2 is 1.89 bits per heavy atom. The highest BCUT2D eigenvalue weighted by Crippen LogP contribution is 2.28. The highest BCUT2D eigenvalue weighted by Gasteiger charge is 2.20. The number of nitrogen functional groups attached to an aromatic ring is 1. The standard InChI is InChI=1S/C21H24N6O/c1-14(2)13-27-19(16-9-6-12-28-16)24-17-18(22)25-21(26-20(17)27)23-11-10-15-7-4-3-5-8-15/h3-9,12,14H,10-11,13H2,1-2H3,(H3,22,23,25,26). The molecule has 0 aliphatic heterocycles. The van der Waals surface area contributed by atoms with Gasteiger partial charge in [0.25, 0.3) is 0 Å². The Kier molecular flexibility index (Phi) is 4.97. The van der Waals surface area contributed by atoms with E-state index in [4.69, 9.17) is 15.1 Å². The van der Waals surface area contributed by atoms with Crippen LogP contribution in [-0.4, -0.2) is 26.1 Å². The van der Waals surface area contributed by atoms with E-state index in [1.165, 1.54) is 5.56 Å². The molecule has 0 spiro atoms. The lowest BCUT2D eigenvalue weighted by Crippen LogP contribution is -2.11. The van der Waals surface area contributed by atoms with Gasteiger partial charge in [0.1, 0.15) is 0 Å². The Bertz CT molecular complexity index is 1050. The Morgan fingerprint density at radius 3 is 2.61 bits per heavy atom. The Labute approximate surface area is 163 Å². The number of anilines is 2. The van der Waals surface area contributed by atoms with Crippen LogP contribution in [0.2, 0.25) is 0 Å². The predicted molar refractivity (Wildman–Crippen MR) is 111 cm³/mol. The second-order valence-electron chi connectivity index (χ2n) is 7.18. The van der Waals surface area contributed by atoms with Crippen LogP contribution >= 0.6 is 0 Å². The second-order valence-corrected chi connectivity index (χ2v) is 7.18. The van der Waals surface area contributed by atoms with Gasteiger partial charge in [-0.1, -0.05) is 44.2 Å². The number of nitrogens with one attached hydrogen (secondary N) is 1. The number of furan rings is 1. The average molecular weight is 376 g/mol. The van der Waals surface area contributed by atoms with Gasteiger partial charge in [0.05, 0.1) is 6.26 Å². The lowest BCUT2D eigenvalue weighted by molar-refractivity contribution is 0.520. The van der Waals surface area contributed by atoms with Gasteiger partial charge < -0.3 is 20.0 Å². The SMILES string of the molecule is CC(C)Cn1c(-c2ccco2)nc2c(N)nc(NCCc3ccccc3)nc21. The van der Waals surface area contributed by atoms with Crippen LogP contribution in [0.3, 0.4) is 0 Å². The minimum atomic E-state index is 0.363. The normalized spacial score (nSPS) is 11.4. The molecule has 4 rings (SSSR count). The number of nitrogens with two attached hydrogens (primary N) is 1. The molecule has 3 N–H and O–H groups in total. The van der Waals surface area contributed by atoms with Gasteiger partial charge in [0, 0.05) is 13.1 Å². The maximum absolute atomic E-state index is 6.21. The van der Waals surface area contributed by atoms with Gasteiger partial charge in [-0.15, -0.1) is 0 Å². The van der Waals surface area contributed by atoms with Gasteiger partial charge in [-0.25, -0.2) is 4.98 Å². The zero-order chi connectivity index (χ0) is 19.5. The third kappa shape index (κ3) is 3.69. The molecule has 0 unspecified atom stereocenters. The van der Waals surface area contributed by atoms with E-state index in [0.717, 1.165) is 31.0 Å². The molecule has 7 nitrogen and oxygen atoms in total. The Hall–Kier alpha value is -3.35. The monoisotopic (exact) mass is 376 g/mol.